The van der Waals surface area contributed by atoms with Crippen LogP contribution in [0.15, 0.2) is 18.3 Å². The molecule has 10 heteroatoms. The van der Waals surface area contributed by atoms with Crippen LogP contribution in [0.3, 0.4) is 0 Å². The summed E-state index contributed by atoms with van der Waals surface area (Å²) in [5.74, 6) is -0.937. The van der Waals surface area contributed by atoms with E-state index >= 15 is 0 Å². The minimum Gasteiger partial charge on any atom is -0.464 e. The highest BCUT2D eigenvalue weighted by Gasteiger charge is 2.37. The molecule has 0 aliphatic heterocycles. The molecule has 0 aliphatic rings. The van der Waals surface area contributed by atoms with E-state index in [1.807, 2.05) is 0 Å². The molecule has 0 spiro atoms. The molecule has 0 amide bonds. The highest BCUT2D eigenvalue weighted by atomic mass is 35.5. The Hall–Kier alpha value is -2.37. The molecule has 0 saturated carbocycles. The van der Waals surface area contributed by atoms with Crippen molar-refractivity contribution < 1.29 is 22.7 Å². The molecule has 0 unspecified atom stereocenters. The van der Waals surface area contributed by atoms with Crippen LogP contribution in [-0.4, -0.2) is 17.6 Å². The first kappa shape index (κ1) is 18.0. The molecule has 0 saturated heterocycles. The van der Waals surface area contributed by atoms with Crippen LogP contribution < -0.4 is 5.73 Å². The number of hydrogen-bond acceptors (Lipinski definition) is 4. The number of carbonyl (C=O) groups excluding carboxylic acids is 1. The number of nitrogens with zero attached hydrogens (tertiary/aromatic N) is 2. The summed E-state index contributed by atoms with van der Waals surface area (Å²) in [6.45, 7) is 0. The summed E-state index contributed by atoms with van der Waals surface area (Å²) in [7, 11) is 1.07. The average molecular weight is 378 g/mol. The molecule has 24 heavy (non-hydrogen) atoms. The number of hydrogen-bond donors (Lipinski definition) is 1. The fourth-order valence-electron chi connectivity index (χ4n) is 2.09. The molecule has 126 valence electrons. The van der Waals surface area contributed by atoms with Crippen molar-refractivity contribution in [3.8, 4) is 11.8 Å². The summed E-state index contributed by atoms with van der Waals surface area (Å²) in [6, 6.07) is 3.89. The van der Waals surface area contributed by atoms with Crippen LogP contribution in [-0.2, 0) is 10.9 Å². The second-order valence-electron chi connectivity index (χ2n) is 4.53. The first-order chi connectivity index (χ1) is 11.1. The van der Waals surface area contributed by atoms with Crippen molar-refractivity contribution in [2.45, 2.75) is 6.18 Å². The summed E-state index contributed by atoms with van der Waals surface area (Å²) in [6.07, 6.45) is -3.72. The summed E-state index contributed by atoms with van der Waals surface area (Å²) >= 11 is 11.4. The number of esters is 1. The Kier molecular flexibility index (Phi) is 4.69. The number of rotatable bonds is 2. The van der Waals surface area contributed by atoms with E-state index in [4.69, 9.17) is 34.2 Å². The van der Waals surface area contributed by atoms with Gasteiger partial charge >= 0.3 is 12.1 Å². The molecule has 0 aliphatic carbocycles. The van der Waals surface area contributed by atoms with E-state index in [1.54, 1.807) is 6.07 Å². The lowest BCUT2D eigenvalue weighted by Gasteiger charge is -2.16. The number of carbonyl (C=O) groups is 1. The topological polar surface area (TPSA) is 81.0 Å². The molecule has 1 aromatic heterocycles. The maximum atomic E-state index is 13.1. The molecule has 1 heterocycles. The standard InChI is InChI=1S/C14H8Cl2F3N3O2/c1-24-13(23)12-11(21)6(4-20)5-22(12)8-3-2-7(15)9(10(8)16)14(17,18)19/h2-3,5H,21H2,1H3. The number of alkyl halides is 3. The van der Waals surface area contributed by atoms with Crippen LogP contribution in [0.4, 0.5) is 18.9 Å². The molecular formula is C14H8Cl2F3N3O2. The van der Waals surface area contributed by atoms with Crippen LogP contribution >= 0.6 is 23.2 Å². The lowest BCUT2D eigenvalue weighted by Crippen LogP contribution is -2.13. The summed E-state index contributed by atoms with van der Waals surface area (Å²) < 4.78 is 44.9. The zero-order chi connectivity index (χ0) is 18.2. The second kappa shape index (κ2) is 6.26. The van der Waals surface area contributed by atoms with Crippen LogP contribution in [0.1, 0.15) is 21.6 Å². The van der Waals surface area contributed by atoms with Crippen LogP contribution in [0, 0.1) is 11.3 Å². The number of nitriles is 1. The van der Waals surface area contributed by atoms with Gasteiger partial charge in [0.2, 0.25) is 0 Å². The number of anilines is 1. The van der Waals surface area contributed by atoms with Crippen molar-refractivity contribution in [3.05, 3.63) is 45.2 Å². The van der Waals surface area contributed by atoms with Crippen molar-refractivity contribution >= 4 is 34.9 Å². The van der Waals surface area contributed by atoms with E-state index in [1.165, 1.54) is 6.07 Å². The largest absolute Gasteiger partial charge is 0.464 e. The number of aromatic nitrogens is 1. The summed E-state index contributed by atoms with van der Waals surface area (Å²) in [5.41, 5.74) is 3.56. The smallest absolute Gasteiger partial charge is 0.419 e. The third-order valence-electron chi connectivity index (χ3n) is 3.16. The van der Waals surface area contributed by atoms with Crippen LogP contribution in [0.25, 0.3) is 5.69 Å². The van der Waals surface area contributed by atoms with Gasteiger partial charge in [-0.2, -0.15) is 18.4 Å². The predicted molar refractivity (Wildman–Crippen MR) is 81.3 cm³/mol. The SMILES string of the molecule is COC(=O)c1c(N)c(C#N)cn1-c1ccc(Cl)c(C(F)(F)F)c1Cl. The van der Waals surface area contributed by atoms with E-state index in [2.05, 4.69) is 4.74 Å². The fourth-order valence-corrected chi connectivity index (χ4v) is 2.77. The Labute approximate surface area is 143 Å². The van der Waals surface area contributed by atoms with Gasteiger partial charge in [-0.25, -0.2) is 4.79 Å². The predicted octanol–water partition coefficient (Wildman–Crippen LogP) is 4.04. The third-order valence-corrected chi connectivity index (χ3v) is 3.85. The minimum atomic E-state index is -4.81. The van der Waals surface area contributed by atoms with Crippen molar-refractivity contribution in [2.24, 2.45) is 0 Å². The Bertz CT molecular complexity index is 870. The van der Waals surface area contributed by atoms with E-state index in [0.29, 0.717) is 0 Å². The van der Waals surface area contributed by atoms with Gasteiger partial charge in [0.1, 0.15) is 6.07 Å². The van der Waals surface area contributed by atoms with Crippen LogP contribution in [0.5, 0.6) is 0 Å². The summed E-state index contributed by atoms with van der Waals surface area (Å²) in [4.78, 5) is 11.9. The monoisotopic (exact) mass is 377 g/mol. The first-order valence-electron chi connectivity index (χ1n) is 6.18. The third kappa shape index (κ3) is 2.88. The van der Waals surface area contributed by atoms with E-state index in [0.717, 1.165) is 23.9 Å². The van der Waals surface area contributed by atoms with Crippen molar-refractivity contribution in [3.63, 3.8) is 0 Å². The highest BCUT2D eigenvalue weighted by Crippen LogP contribution is 2.42. The van der Waals surface area contributed by atoms with Gasteiger partial charge in [0.05, 0.1) is 39.7 Å². The molecule has 1 aromatic carbocycles. The number of nitrogens with two attached hydrogens (primary N) is 1. The molecule has 5 nitrogen and oxygen atoms in total. The van der Waals surface area contributed by atoms with Crippen molar-refractivity contribution in [1.29, 1.82) is 5.26 Å². The first-order valence-corrected chi connectivity index (χ1v) is 6.93. The van der Waals surface area contributed by atoms with E-state index in [9.17, 15) is 18.0 Å². The number of halogens is 5. The van der Waals surface area contributed by atoms with Gasteiger partial charge in [0.15, 0.2) is 5.69 Å². The number of benzene rings is 1. The highest BCUT2D eigenvalue weighted by molar-refractivity contribution is 6.37. The molecule has 0 atom stereocenters. The van der Waals surface area contributed by atoms with Gasteiger partial charge in [0, 0.05) is 6.20 Å². The summed E-state index contributed by atoms with van der Waals surface area (Å²) in [5, 5.41) is 7.69. The van der Waals surface area contributed by atoms with Crippen LogP contribution in [0.2, 0.25) is 10.0 Å². The number of ether oxygens (including phenoxy) is 1. The molecule has 2 aromatic rings. The maximum absolute atomic E-state index is 13.1. The maximum Gasteiger partial charge on any atom is 0.419 e. The van der Waals surface area contributed by atoms with E-state index < -0.39 is 27.8 Å². The van der Waals surface area contributed by atoms with Gasteiger partial charge in [-0.05, 0) is 12.1 Å². The minimum absolute atomic E-state index is 0.116. The van der Waals surface area contributed by atoms with E-state index in [-0.39, 0.29) is 22.6 Å². The Morgan fingerprint density at radius 1 is 1.38 bits per heavy atom. The lowest BCUT2D eigenvalue weighted by molar-refractivity contribution is -0.137. The quantitative estimate of drug-likeness (QED) is 0.800. The molecule has 0 bridgehead atoms. The van der Waals surface area contributed by atoms with Crippen molar-refractivity contribution in [2.75, 3.05) is 12.8 Å². The molecule has 2 rings (SSSR count). The molecular weight excluding hydrogens is 370 g/mol. The molecule has 0 fully saturated rings. The lowest BCUT2D eigenvalue weighted by atomic mass is 10.2. The average Bonchev–Trinajstić information content (AvgIpc) is 2.81. The fraction of sp³-hybridized carbons (Fsp3) is 0.143. The Morgan fingerprint density at radius 3 is 2.50 bits per heavy atom. The zero-order valence-electron chi connectivity index (χ0n) is 11.9. The Balaban J connectivity index is 2.84. The van der Waals surface area contributed by atoms with Gasteiger partial charge in [-0.1, -0.05) is 23.2 Å². The van der Waals surface area contributed by atoms with Gasteiger partial charge in [-0.15, -0.1) is 0 Å². The van der Waals surface area contributed by atoms with Gasteiger partial charge < -0.3 is 15.0 Å². The molecule has 0 radical (unpaired) electrons. The van der Waals surface area contributed by atoms with Gasteiger partial charge in [-0.3, -0.25) is 0 Å². The molecule has 2 N–H and O–H groups in total. The second-order valence-corrected chi connectivity index (χ2v) is 5.32. The normalized spacial score (nSPS) is 11.2. The number of methoxy groups -OCH3 is 1. The van der Waals surface area contributed by atoms with Gasteiger partial charge in [0.25, 0.3) is 0 Å². The number of nitrogen functional groups attached to an aromatic ring is 1. The Morgan fingerprint density at radius 2 is 2.00 bits per heavy atom. The van der Waals surface area contributed by atoms with Crippen molar-refractivity contribution in [1.82, 2.24) is 4.57 Å². The zero-order valence-corrected chi connectivity index (χ0v) is 13.4.